The molecule has 0 heterocycles. The van der Waals surface area contributed by atoms with Crippen molar-refractivity contribution < 1.29 is 9.84 Å². The molecule has 0 radical (unpaired) electrons. The fourth-order valence-corrected chi connectivity index (χ4v) is 2.06. The summed E-state index contributed by atoms with van der Waals surface area (Å²) in [5.74, 6) is 0.571. The van der Waals surface area contributed by atoms with E-state index in [2.05, 4.69) is 19.2 Å². The van der Waals surface area contributed by atoms with E-state index in [1.54, 1.807) is 19.9 Å². The highest BCUT2D eigenvalue weighted by molar-refractivity contribution is 6.35. The zero-order valence-electron chi connectivity index (χ0n) is 11.8. The third-order valence-corrected chi connectivity index (χ3v) is 2.85. The first-order valence-corrected chi connectivity index (χ1v) is 7.01. The Morgan fingerprint density at radius 2 is 1.95 bits per heavy atom. The predicted molar refractivity (Wildman–Crippen MR) is 80.2 cm³/mol. The molecule has 0 saturated carbocycles. The first kappa shape index (κ1) is 16.6. The Kier molecular flexibility index (Phi) is 5.93. The average molecular weight is 306 g/mol. The SMILES string of the molecule is CC(C)NCc1cc(Cl)cc(Cl)c1OCC(C)(C)O. The van der Waals surface area contributed by atoms with Crippen LogP contribution in [0.2, 0.25) is 10.0 Å². The van der Waals surface area contributed by atoms with Crippen molar-refractivity contribution in [3.63, 3.8) is 0 Å². The zero-order chi connectivity index (χ0) is 14.6. The standard InChI is InChI=1S/C14H21Cl2NO2/c1-9(2)17-7-10-5-11(15)6-12(16)13(10)19-8-14(3,4)18/h5-6,9,17-18H,7-8H2,1-4H3. The van der Waals surface area contributed by atoms with Crippen LogP contribution in [0.3, 0.4) is 0 Å². The molecule has 3 nitrogen and oxygen atoms in total. The van der Waals surface area contributed by atoms with Crippen LogP contribution in [0.1, 0.15) is 33.3 Å². The molecule has 1 aromatic rings. The van der Waals surface area contributed by atoms with E-state index >= 15 is 0 Å². The second-order valence-electron chi connectivity index (χ2n) is 5.51. The van der Waals surface area contributed by atoms with Gasteiger partial charge in [-0.3, -0.25) is 0 Å². The Morgan fingerprint density at radius 1 is 1.32 bits per heavy atom. The van der Waals surface area contributed by atoms with Crippen LogP contribution < -0.4 is 10.1 Å². The summed E-state index contributed by atoms with van der Waals surface area (Å²) in [7, 11) is 0. The molecule has 0 aliphatic heterocycles. The molecule has 19 heavy (non-hydrogen) atoms. The van der Waals surface area contributed by atoms with Gasteiger partial charge in [-0.2, -0.15) is 0 Å². The van der Waals surface area contributed by atoms with Gasteiger partial charge in [-0.1, -0.05) is 37.0 Å². The van der Waals surface area contributed by atoms with E-state index in [0.717, 1.165) is 5.56 Å². The Labute approximate surface area is 124 Å². The Balaban J connectivity index is 2.92. The third kappa shape index (κ3) is 6.00. The molecule has 0 amide bonds. The molecule has 0 saturated heterocycles. The minimum absolute atomic E-state index is 0.170. The maximum absolute atomic E-state index is 9.72. The fourth-order valence-electron chi connectivity index (χ4n) is 1.47. The maximum atomic E-state index is 9.72. The number of ether oxygens (including phenoxy) is 1. The molecule has 1 rings (SSSR count). The lowest BCUT2D eigenvalue weighted by Gasteiger charge is -2.21. The van der Waals surface area contributed by atoms with Crippen LogP contribution in [0.15, 0.2) is 12.1 Å². The lowest BCUT2D eigenvalue weighted by Crippen LogP contribution is -2.28. The summed E-state index contributed by atoms with van der Waals surface area (Å²) < 4.78 is 5.64. The van der Waals surface area contributed by atoms with Gasteiger partial charge in [0.1, 0.15) is 12.4 Å². The summed E-state index contributed by atoms with van der Waals surface area (Å²) in [5, 5.41) is 14.0. The molecule has 0 bridgehead atoms. The molecule has 0 atom stereocenters. The molecule has 0 fully saturated rings. The van der Waals surface area contributed by atoms with Gasteiger partial charge < -0.3 is 15.2 Å². The number of rotatable bonds is 6. The van der Waals surface area contributed by atoms with Gasteiger partial charge in [-0.05, 0) is 26.0 Å². The van der Waals surface area contributed by atoms with Crippen LogP contribution in [-0.2, 0) is 6.54 Å². The minimum Gasteiger partial charge on any atom is -0.489 e. The van der Waals surface area contributed by atoms with Crippen molar-refractivity contribution in [3.05, 3.63) is 27.7 Å². The lowest BCUT2D eigenvalue weighted by atomic mass is 10.1. The maximum Gasteiger partial charge on any atom is 0.142 e. The van der Waals surface area contributed by atoms with Crippen molar-refractivity contribution in [3.8, 4) is 5.75 Å². The highest BCUT2D eigenvalue weighted by Gasteiger charge is 2.17. The van der Waals surface area contributed by atoms with Crippen molar-refractivity contribution >= 4 is 23.2 Å². The Morgan fingerprint density at radius 3 is 2.47 bits per heavy atom. The third-order valence-electron chi connectivity index (χ3n) is 2.36. The molecular weight excluding hydrogens is 285 g/mol. The molecule has 1 aromatic carbocycles. The largest absolute Gasteiger partial charge is 0.489 e. The summed E-state index contributed by atoms with van der Waals surface area (Å²) in [5.41, 5.74) is -0.0263. The van der Waals surface area contributed by atoms with Crippen molar-refractivity contribution in [2.24, 2.45) is 0 Å². The predicted octanol–water partition coefficient (Wildman–Crippen LogP) is 3.64. The first-order chi connectivity index (χ1) is 8.69. The number of nitrogens with one attached hydrogen (secondary N) is 1. The summed E-state index contributed by atoms with van der Waals surface area (Å²) >= 11 is 12.2. The van der Waals surface area contributed by atoms with E-state index in [9.17, 15) is 5.11 Å². The lowest BCUT2D eigenvalue weighted by molar-refractivity contribution is 0.0281. The monoisotopic (exact) mass is 305 g/mol. The van der Waals surface area contributed by atoms with Crippen LogP contribution >= 0.6 is 23.2 Å². The normalized spacial score (nSPS) is 12.0. The fraction of sp³-hybridized carbons (Fsp3) is 0.571. The molecular formula is C14H21Cl2NO2. The van der Waals surface area contributed by atoms with Gasteiger partial charge in [-0.25, -0.2) is 0 Å². The highest BCUT2D eigenvalue weighted by atomic mass is 35.5. The molecule has 5 heteroatoms. The zero-order valence-corrected chi connectivity index (χ0v) is 13.3. The number of aliphatic hydroxyl groups is 1. The first-order valence-electron chi connectivity index (χ1n) is 6.25. The van der Waals surface area contributed by atoms with Crippen molar-refractivity contribution in [1.29, 1.82) is 0 Å². The summed E-state index contributed by atoms with van der Waals surface area (Å²) in [6.45, 7) is 8.26. The van der Waals surface area contributed by atoms with E-state index in [0.29, 0.717) is 28.4 Å². The molecule has 0 aliphatic carbocycles. The minimum atomic E-state index is -0.911. The molecule has 2 N–H and O–H groups in total. The van der Waals surface area contributed by atoms with Gasteiger partial charge in [0.15, 0.2) is 0 Å². The molecule has 0 aliphatic rings. The second-order valence-corrected chi connectivity index (χ2v) is 6.36. The van der Waals surface area contributed by atoms with Crippen molar-refractivity contribution in [1.82, 2.24) is 5.32 Å². The summed E-state index contributed by atoms with van der Waals surface area (Å²) in [4.78, 5) is 0. The van der Waals surface area contributed by atoms with Crippen molar-refractivity contribution in [2.75, 3.05) is 6.61 Å². The van der Waals surface area contributed by atoms with Crippen LogP contribution in [-0.4, -0.2) is 23.4 Å². The Hall–Kier alpha value is -0.480. The van der Waals surface area contributed by atoms with E-state index < -0.39 is 5.60 Å². The van der Waals surface area contributed by atoms with Crippen LogP contribution in [0.5, 0.6) is 5.75 Å². The number of hydrogen-bond acceptors (Lipinski definition) is 3. The van der Waals surface area contributed by atoms with Gasteiger partial charge >= 0.3 is 0 Å². The smallest absolute Gasteiger partial charge is 0.142 e. The topological polar surface area (TPSA) is 41.5 Å². The second kappa shape index (κ2) is 6.80. The van der Waals surface area contributed by atoms with E-state index in [1.165, 1.54) is 0 Å². The van der Waals surface area contributed by atoms with Crippen LogP contribution in [0, 0.1) is 0 Å². The molecule has 0 unspecified atom stereocenters. The van der Waals surface area contributed by atoms with Gasteiger partial charge in [0.2, 0.25) is 0 Å². The summed E-state index contributed by atoms with van der Waals surface area (Å²) in [6, 6.07) is 3.81. The van der Waals surface area contributed by atoms with Crippen LogP contribution in [0.4, 0.5) is 0 Å². The number of hydrogen-bond donors (Lipinski definition) is 2. The van der Waals surface area contributed by atoms with Gasteiger partial charge in [0.25, 0.3) is 0 Å². The number of halogens is 2. The number of benzene rings is 1. The van der Waals surface area contributed by atoms with Gasteiger partial charge in [0, 0.05) is 23.2 Å². The van der Waals surface area contributed by atoms with E-state index in [1.807, 2.05) is 6.07 Å². The molecule has 0 aromatic heterocycles. The van der Waals surface area contributed by atoms with E-state index in [-0.39, 0.29) is 6.61 Å². The van der Waals surface area contributed by atoms with E-state index in [4.69, 9.17) is 27.9 Å². The van der Waals surface area contributed by atoms with Crippen molar-refractivity contribution in [2.45, 2.75) is 45.9 Å². The van der Waals surface area contributed by atoms with Gasteiger partial charge in [-0.15, -0.1) is 0 Å². The summed E-state index contributed by atoms with van der Waals surface area (Å²) in [6.07, 6.45) is 0. The Bertz CT molecular complexity index is 428. The van der Waals surface area contributed by atoms with Crippen LogP contribution in [0.25, 0.3) is 0 Å². The quantitative estimate of drug-likeness (QED) is 0.843. The molecule has 0 spiro atoms. The molecule has 108 valence electrons. The van der Waals surface area contributed by atoms with Gasteiger partial charge in [0.05, 0.1) is 10.6 Å². The highest BCUT2D eigenvalue weighted by Crippen LogP contribution is 2.33. The average Bonchev–Trinajstić information content (AvgIpc) is 2.23.